The molecule has 0 N–H and O–H groups in total. The summed E-state index contributed by atoms with van der Waals surface area (Å²) in [6.45, 7) is 10.5. The van der Waals surface area contributed by atoms with Gasteiger partial charge in [0, 0.05) is 32.2 Å². The van der Waals surface area contributed by atoms with Crippen molar-refractivity contribution in [2.24, 2.45) is 0 Å². The van der Waals surface area contributed by atoms with E-state index < -0.39 is 5.60 Å². The number of hydrogen-bond donors (Lipinski definition) is 0. The Bertz CT molecular complexity index is 1550. The molecule has 0 aliphatic carbocycles. The zero-order valence-corrected chi connectivity index (χ0v) is 28.1. The maximum atomic E-state index is 12.6. The molecule has 2 aliphatic heterocycles. The molecule has 0 radical (unpaired) electrons. The van der Waals surface area contributed by atoms with Crippen molar-refractivity contribution >= 4 is 12.2 Å². The second-order valence-electron chi connectivity index (χ2n) is 12.7. The maximum Gasteiger partial charge on any atom is 0.410 e. The van der Waals surface area contributed by atoms with Crippen LogP contribution in [0.2, 0.25) is 0 Å². The average Bonchev–Trinajstić information content (AvgIpc) is 3.48. The summed E-state index contributed by atoms with van der Waals surface area (Å²) < 4.78 is 35.1. The number of benzene rings is 3. The molecule has 1 unspecified atom stereocenters. The number of amides is 1. The first-order chi connectivity index (χ1) is 22.1. The van der Waals surface area contributed by atoms with E-state index in [2.05, 4.69) is 30.0 Å². The van der Waals surface area contributed by atoms with Crippen molar-refractivity contribution in [2.75, 3.05) is 47.7 Å². The fraction of sp³-hybridized carbons (Fsp3) is 0.432. The van der Waals surface area contributed by atoms with Crippen LogP contribution in [-0.2, 0) is 17.8 Å². The Morgan fingerprint density at radius 3 is 2.48 bits per heavy atom. The highest BCUT2D eigenvalue weighted by Crippen LogP contribution is 2.47. The van der Waals surface area contributed by atoms with Gasteiger partial charge in [-0.15, -0.1) is 0 Å². The Kier molecular flexibility index (Phi) is 10.3. The standard InChI is InChI=1S/C37H46N2O7/c1-25-20-31-32(45-24-44-31)21-27(25)14-15-30-29-22-33(41-6)35(43-23-26-12-9-8-10-13-26)34(42-7)28(29)16-19-39(30)18-11-17-38(5)36(40)46-37(2,3)4/h8-10,12-15,20-22,30H,11,16-19,23-24H2,1-7H3/b15-14+. The minimum atomic E-state index is -0.535. The minimum absolute atomic E-state index is 0.0774. The van der Waals surface area contributed by atoms with Crippen LogP contribution in [0.3, 0.4) is 0 Å². The molecule has 9 nitrogen and oxygen atoms in total. The van der Waals surface area contributed by atoms with E-state index in [0.29, 0.717) is 30.4 Å². The van der Waals surface area contributed by atoms with E-state index in [1.807, 2.05) is 63.2 Å². The first-order valence-corrected chi connectivity index (χ1v) is 15.8. The summed E-state index contributed by atoms with van der Waals surface area (Å²) in [7, 11) is 5.13. The minimum Gasteiger partial charge on any atom is -0.493 e. The Morgan fingerprint density at radius 1 is 1.04 bits per heavy atom. The summed E-state index contributed by atoms with van der Waals surface area (Å²) >= 11 is 0. The van der Waals surface area contributed by atoms with Crippen molar-refractivity contribution in [3.63, 3.8) is 0 Å². The summed E-state index contributed by atoms with van der Waals surface area (Å²) in [4.78, 5) is 16.7. The van der Waals surface area contributed by atoms with Gasteiger partial charge in [0.1, 0.15) is 12.2 Å². The Labute approximate surface area is 272 Å². The van der Waals surface area contributed by atoms with Crippen LogP contribution in [0.4, 0.5) is 4.79 Å². The number of methoxy groups -OCH3 is 2. The van der Waals surface area contributed by atoms with Crippen LogP contribution in [0.5, 0.6) is 28.7 Å². The van der Waals surface area contributed by atoms with Crippen LogP contribution >= 0.6 is 0 Å². The summed E-state index contributed by atoms with van der Waals surface area (Å²) in [5.41, 5.74) is 4.89. The van der Waals surface area contributed by atoms with Gasteiger partial charge in [0.2, 0.25) is 12.5 Å². The monoisotopic (exact) mass is 630 g/mol. The highest BCUT2D eigenvalue weighted by atomic mass is 16.7. The molecule has 3 aromatic rings. The summed E-state index contributed by atoms with van der Waals surface area (Å²) in [5, 5.41) is 0. The van der Waals surface area contributed by atoms with Crippen molar-refractivity contribution < 1.29 is 33.2 Å². The van der Waals surface area contributed by atoms with Crippen molar-refractivity contribution in [3.8, 4) is 28.7 Å². The van der Waals surface area contributed by atoms with Gasteiger partial charge < -0.3 is 33.3 Å². The van der Waals surface area contributed by atoms with Crippen LogP contribution in [0.1, 0.15) is 61.1 Å². The van der Waals surface area contributed by atoms with E-state index in [1.165, 1.54) is 0 Å². The average molecular weight is 631 g/mol. The van der Waals surface area contributed by atoms with E-state index in [0.717, 1.165) is 65.2 Å². The van der Waals surface area contributed by atoms with Gasteiger partial charge in [-0.2, -0.15) is 0 Å². The molecule has 0 bridgehead atoms. The van der Waals surface area contributed by atoms with Crippen LogP contribution in [0.15, 0.2) is 54.6 Å². The predicted octanol–water partition coefficient (Wildman–Crippen LogP) is 7.19. The molecule has 1 atom stereocenters. The van der Waals surface area contributed by atoms with Gasteiger partial charge in [-0.3, -0.25) is 4.90 Å². The van der Waals surface area contributed by atoms with Crippen LogP contribution in [0.25, 0.3) is 6.08 Å². The number of ether oxygens (including phenoxy) is 6. The van der Waals surface area contributed by atoms with E-state index in [9.17, 15) is 4.79 Å². The molecule has 3 aromatic carbocycles. The quantitative estimate of drug-likeness (QED) is 0.220. The number of hydrogen-bond acceptors (Lipinski definition) is 8. The number of carbonyl (C=O) groups is 1. The number of nitrogens with zero attached hydrogens (tertiary/aromatic N) is 2. The van der Waals surface area contributed by atoms with Gasteiger partial charge in [-0.05, 0) is 81.0 Å². The fourth-order valence-electron chi connectivity index (χ4n) is 5.87. The van der Waals surface area contributed by atoms with Crippen molar-refractivity contribution in [3.05, 3.63) is 82.4 Å². The number of aryl methyl sites for hydroxylation is 1. The third-order valence-electron chi connectivity index (χ3n) is 8.21. The molecule has 0 saturated carbocycles. The summed E-state index contributed by atoms with van der Waals surface area (Å²) in [5.74, 6) is 3.45. The molecule has 5 rings (SSSR count). The molecule has 1 amide bonds. The van der Waals surface area contributed by atoms with Crippen molar-refractivity contribution in [1.29, 1.82) is 0 Å². The molecular formula is C37H46N2O7. The topological polar surface area (TPSA) is 78.9 Å². The number of carbonyl (C=O) groups excluding carboxylic acids is 1. The van der Waals surface area contributed by atoms with E-state index in [1.54, 1.807) is 26.2 Å². The van der Waals surface area contributed by atoms with Gasteiger partial charge in [-0.25, -0.2) is 4.79 Å². The smallest absolute Gasteiger partial charge is 0.410 e. The van der Waals surface area contributed by atoms with Crippen LogP contribution in [0, 0.1) is 6.92 Å². The molecule has 0 aromatic heterocycles. The van der Waals surface area contributed by atoms with E-state index >= 15 is 0 Å². The lowest BCUT2D eigenvalue weighted by atomic mass is 9.89. The maximum absolute atomic E-state index is 12.6. The molecule has 246 valence electrons. The summed E-state index contributed by atoms with van der Waals surface area (Å²) in [6.07, 6.45) is 5.62. The fourth-order valence-corrected chi connectivity index (χ4v) is 5.87. The van der Waals surface area contributed by atoms with Gasteiger partial charge in [-0.1, -0.05) is 42.5 Å². The number of fused-ring (bicyclic) bond motifs is 2. The van der Waals surface area contributed by atoms with Gasteiger partial charge in [0.25, 0.3) is 0 Å². The SMILES string of the molecule is COc1cc2c(c(OC)c1OCc1ccccc1)CCN(CCCN(C)C(=O)OC(C)(C)C)C2/C=C/c1cc2c(cc1C)OCO2. The third kappa shape index (κ3) is 7.70. The molecule has 2 heterocycles. The summed E-state index contributed by atoms with van der Waals surface area (Å²) in [6, 6.07) is 16.1. The normalized spacial score (nSPS) is 15.8. The van der Waals surface area contributed by atoms with Crippen LogP contribution in [-0.4, -0.2) is 69.2 Å². The second-order valence-corrected chi connectivity index (χ2v) is 12.7. The van der Waals surface area contributed by atoms with Crippen molar-refractivity contribution in [2.45, 2.75) is 58.8 Å². The Morgan fingerprint density at radius 2 is 1.78 bits per heavy atom. The predicted molar refractivity (Wildman–Crippen MR) is 178 cm³/mol. The first kappa shape index (κ1) is 33.0. The molecule has 0 fully saturated rings. The lowest BCUT2D eigenvalue weighted by Crippen LogP contribution is -2.38. The van der Waals surface area contributed by atoms with E-state index in [4.69, 9.17) is 28.4 Å². The highest BCUT2D eigenvalue weighted by molar-refractivity contribution is 5.67. The highest BCUT2D eigenvalue weighted by Gasteiger charge is 2.32. The largest absolute Gasteiger partial charge is 0.493 e. The second kappa shape index (κ2) is 14.4. The molecular weight excluding hydrogens is 584 g/mol. The van der Waals surface area contributed by atoms with Gasteiger partial charge >= 0.3 is 6.09 Å². The van der Waals surface area contributed by atoms with E-state index in [-0.39, 0.29) is 18.9 Å². The lowest BCUT2D eigenvalue weighted by molar-refractivity contribution is 0.0291. The molecule has 9 heteroatoms. The zero-order chi connectivity index (χ0) is 32.8. The lowest BCUT2D eigenvalue weighted by Gasteiger charge is -2.37. The molecule has 2 aliphatic rings. The molecule has 0 spiro atoms. The third-order valence-corrected chi connectivity index (χ3v) is 8.21. The van der Waals surface area contributed by atoms with Crippen molar-refractivity contribution in [1.82, 2.24) is 9.80 Å². The van der Waals surface area contributed by atoms with Gasteiger partial charge in [0.05, 0.1) is 20.3 Å². The Balaban J connectivity index is 1.45. The van der Waals surface area contributed by atoms with Gasteiger partial charge in [0.15, 0.2) is 23.0 Å². The number of rotatable bonds is 11. The zero-order valence-electron chi connectivity index (χ0n) is 28.1. The first-order valence-electron chi connectivity index (χ1n) is 15.8. The Hall–Kier alpha value is -4.37. The molecule has 0 saturated heterocycles. The molecule has 46 heavy (non-hydrogen) atoms. The van der Waals surface area contributed by atoms with Crippen LogP contribution < -0.4 is 23.7 Å².